The zero-order chi connectivity index (χ0) is 12.6. The molecule has 1 aromatic carbocycles. The molecule has 0 fully saturated rings. The van der Waals surface area contributed by atoms with Gasteiger partial charge < -0.3 is 5.73 Å². The van der Waals surface area contributed by atoms with Crippen LogP contribution >= 0.6 is 50.5 Å². The summed E-state index contributed by atoms with van der Waals surface area (Å²) in [5.41, 5.74) is 7.15. The van der Waals surface area contributed by atoms with Crippen LogP contribution in [0.1, 0.15) is 21.4 Å². The van der Waals surface area contributed by atoms with Crippen LogP contribution in [0.25, 0.3) is 0 Å². The molecule has 17 heavy (non-hydrogen) atoms. The molecule has 2 N–H and O–H groups in total. The van der Waals surface area contributed by atoms with Gasteiger partial charge in [-0.05, 0) is 52.7 Å². The molecule has 0 bridgehead atoms. The third-order valence-electron chi connectivity index (χ3n) is 2.36. The van der Waals surface area contributed by atoms with Gasteiger partial charge >= 0.3 is 0 Å². The Hall–Kier alpha value is -0.0600. The Bertz CT molecular complexity index is 533. The van der Waals surface area contributed by atoms with Gasteiger partial charge in [0.1, 0.15) is 0 Å². The highest BCUT2D eigenvalue weighted by Crippen LogP contribution is 2.35. The molecule has 2 aromatic rings. The highest BCUT2D eigenvalue weighted by Gasteiger charge is 2.16. The molecule has 0 aliphatic carbocycles. The fourth-order valence-corrected chi connectivity index (χ4v) is 4.09. The van der Waals surface area contributed by atoms with Crippen molar-refractivity contribution in [3.05, 3.63) is 54.1 Å². The lowest BCUT2D eigenvalue weighted by Gasteiger charge is -2.12. The smallest absolute Gasteiger partial charge is 0.0658 e. The molecule has 0 saturated heterocycles. The minimum absolute atomic E-state index is 0.209. The molecule has 5 heteroatoms. The van der Waals surface area contributed by atoms with Crippen LogP contribution in [-0.2, 0) is 0 Å². The van der Waals surface area contributed by atoms with E-state index in [1.165, 1.54) is 4.88 Å². The van der Waals surface area contributed by atoms with E-state index in [9.17, 15) is 0 Å². The van der Waals surface area contributed by atoms with Crippen molar-refractivity contribution >= 4 is 50.5 Å². The molecule has 1 unspecified atom stereocenters. The summed E-state index contributed by atoms with van der Waals surface area (Å²) in [7, 11) is 0. The lowest BCUT2D eigenvalue weighted by molar-refractivity contribution is 0.889. The van der Waals surface area contributed by atoms with E-state index >= 15 is 0 Å². The van der Waals surface area contributed by atoms with E-state index < -0.39 is 0 Å². The topological polar surface area (TPSA) is 26.0 Å². The monoisotopic (exact) mass is 349 g/mol. The minimum Gasteiger partial charge on any atom is -0.320 e. The number of hydrogen-bond acceptors (Lipinski definition) is 2. The first-order valence-electron chi connectivity index (χ1n) is 4.95. The summed E-state index contributed by atoms with van der Waals surface area (Å²) in [6.45, 7) is 2.05. The van der Waals surface area contributed by atoms with Crippen molar-refractivity contribution in [3.63, 3.8) is 0 Å². The van der Waals surface area contributed by atoms with E-state index in [1.807, 2.05) is 12.1 Å². The lowest BCUT2D eigenvalue weighted by atomic mass is 10.1. The number of benzene rings is 1. The molecule has 0 aliphatic rings. The maximum Gasteiger partial charge on any atom is 0.0658 e. The van der Waals surface area contributed by atoms with Gasteiger partial charge in [-0.2, -0.15) is 0 Å². The van der Waals surface area contributed by atoms with Crippen molar-refractivity contribution in [2.75, 3.05) is 0 Å². The largest absolute Gasteiger partial charge is 0.320 e. The summed E-state index contributed by atoms with van der Waals surface area (Å²) in [5, 5.41) is 1.21. The third-order valence-corrected chi connectivity index (χ3v) is 4.85. The molecular weight excluding hydrogens is 341 g/mol. The second-order valence-corrected chi connectivity index (χ2v) is 6.76. The van der Waals surface area contributed by atoms with Crippen LogP contribution in [0.3, 0.4) is 0 Å². The minimum atomic E-state index is -0.209. The van der Waals surface area contributed by atoms with Gasteiger partial charge in [0.15, 0.2) is 0 Å². The molecule has 0 radical (unpaired) electrons. The van der Waals surface area contributed by atoms with Gasteiger partial charge in [-0.3, -0.25) is 0 Å². The van der Waals surface area contributed by atoms with Gasteiger partial charge in [0.05, 0.1) is 6.04 Å². The first-order valence-corrected chi connectivity index (χ1v) is 7.31. The highest BCUT2D eigenvalue weighted by atomic mass is 79.9. The summed E-state index contributed by atoms with van der Waals surface area (Å²) < 4.78 is 1.03. The highest BCUT2D eigenvalue weighted by molar-refractivity contribution is 9.10. The predicted molar refractivity (Wildman–Crippen MR) is 79.2 cm³/mol. The van der Waals surface area contributed by atoms with Crippen molar-refractivity contribution in [3.8, 4) is 0 Å². The number of aryl methyl sites for hydroxylation is 1. The lowest BCUT2D eigenvalue weighted by Crippen LogP contribution is -2.10. The van der Waals surface area contributed by atoms with Gasteiger partial charge in [-0.1, -0.05) is 23.2 Å². The summed E-state index contributed by atoms with van der Waals surface area (Å²) in [5.74, 6) is 0. The molecule has 1 atom stereocenters. The van der Waals surface area contributed by atoms with Crippen LogP contribution in [0.15, 0.2) is 28.7 Å². The van der Waals surface area contributed by atoms with E-state index in [2.05, 4.69) is 28.9 Å². The van der Waals surface area contributed by atoms with Gasteiger partial charge in [-0.25, -0.2) is 0 Å². The van der Waals surface area contributed by atoms with Crippen molar-refractivity contribution in [2.45, 2.75) is 13.0 Å². The summed E-state index contributed by atoms with van der Waals surface area (Å²) in [6, 6.07) is 7.25. The Kier molecular flexibility index (Phi) is 4.16. The molecule has 0 amide bonds. The molecular formula is C12H10BrCl2NS. The van der Waals surface area contributed by atoms with Crippen LogP contribution in [0.5, 0.6) is 0 Å². The third kappa shape index (κ3) is 3.04. The molecule has 1 nitrogen and oxygen atoms in total. The van der Waals surface area contributed by atoms with Crippen LogP contribution in [-0.4, -0.2) is 0 Å². The Morgan fingerprint density at radius 2 is 1.76 bits per heavy atom. The second kappa shape index (κ2) is 5.29. The first-order chi connectivity index (χ1) is 7.97. The maximum absolute atomic E-state index is 6.23. The fraction of sp³-hybridized carbons (Fsp3) is 0.167. The van der Waals surface area contributed by atoms with Crippen molar-refractivity contribution in [1.29, 1.82) is 0 Å². The van der Waals surface area contributed by atoms with E-state index in [1.54, 1.807) is 17.4 Å². The Morgan fingerprint density at radius 1 is 1.18 bits per heavy atom. The quantitative estimate of drug-likeness (QED) is 0.793. The number of halogens is 3. The molecule has 1 heterocycles. The number of thiophene rings is 1. The van der Waals surface area contributed by atoms with Crippen LogP contribution in [0, 0.1) is 6.92 Å². The second-order valence-electron chi connectivity index (χ2n) is 3.75. The van der Waals surface area contributed by atoms with Crippen molar-refractivity contribution < 1.29 is 0 Å². The zero-order valence-electron chi connectivity index (χ0n) is 9.01. The fourth-order valence-electron chi connectivity index (χ4n) is 1.62. The molecule has 0 saturated carbocycles. The zero-order valence-corrected chi connectivity index (χ0v) is 12.9. The van der Waals surface area contributed by atoms with Crippen molar-refractivity contribution in [1.82, 2.24) is 0 Å². The van der Waals surface area contributed by atoms with Gasteiger partial charge in [0.2, 0.25) is 0 Å². The van der Waals surface area contributed by atoms with Crippen LogP contribution in [0.2, 0.25) is 10.0 Å². The summed E-state index contributed by atoms with van der Waals surface area (Å²) in [6.07, 6.45) is 0. The summed E-state index contributed by atoms with van der Waals surface area (Å²) >= 11 is 17.1. The van der Waals surface area contributed by atoms with Crippen LogP contribution in [0.4, 0.5) is 0 Å². The number of nitrogens with two attached hydrogens (primary N) is 1. The SMILES string of the molecule is Cc1cc(Br)c(C(N)c2cc(Cl)cc(Cl)c2)s1. The number of hydrogen-bond donors (Lipinski definition) is 1. The Balaban J connectivity index is 2.43. The van der Waals surface area contributed by atoms with E-state index in [0.29, 0.717) is 10.0 Å². The van der Waals surface area contributed by atoms with E-state index in [0.717, 1.165) is 14.9 Å². The average Bonchev–Trinajstić information content (AvgIpc) is 2.55. The molecule has 90 valence electrons. The predicted octanol–water partition coefficient (Wildman–Crippen LogP) is 5.17. The normalized spacial score (nSPS) is 12.8. The van der Waals surface area contributed by atoms with Gasteiger partial charge in [0, 0.05) is 24.3 Å². The van der Waals surface area contributed by atoms with E-state index in [4.69, 9.17) is 28.9 Å². The Morgan fingerprint density at radius 3 is 2.24 bits per heavy atom. The van der Waals surface area contributed by atoms with E-state index in [-0.39, 0.29) is 6.04 Å². The average molecular weight is 351 g/mol. The number of rotatable bonds is 2. The molecule has 2 rings (SSSR count). The summed E-state index contributed by atoms with van der Waals surface area (Å²) in [4.78, 5) is 2.30. The van der Waals surface area contributed by atoms with Gasteiger partial charge in [0.25, 0.3) is 0 Å². The molecule has 0 aliphatic heterocycles. The first kappa shape index (κ1) is 13.4. The Labute approximate surface area is 123 Å². The van der Waals surface area contributed by atoms with Crippen LogP contribution < -0.4 is 5.73 Å². The standard InChI is InChI=1S/C12H10BrCl2NS/c1-6-2-10(13)12(17-6)11(16)7-3-8(14)5-9(15)4-7/h2-5,11H,16H2,1H3. The molecule has 1 aromatic heterocycles. The molecule has 0 spiro atoms. The van der Waals surface area contributed by atoms with Crippen molar-refractivity contribution in [2.24, 2.45) is 5.73 Å². The maximum atomic E-state index is 6.23. The van der Waals surface area contributed by atoms with Gasteiger partial charge in [-0.15, -0.1) is 11.3 Å².